The molecule has 0 aliphatic rings. The van der Waals surface area contributed by atoms with Gasteiger partial charge in [-0.3, -0.25) is 9.82 Å². The molecule has 21 heavy (non-hydrogen) atoms. The van der Waals surface area contributed by atoms with E-state index in [2.05, 4.69) is 20.1 Å². The second kappa shape index (κ2) is 5.40. The van der Waals surface area contributed by atoms with E-state index in [0.717, 1.165) is 18.3 Å². The summed E-state index contributed by atoms with van der Waals surface area (Å²) in [7, 11) is -3.87. The number of anilines is 1. The van der Waals surface area contributed by atoms with Crippen molar-refractivity contribution in [2.24, 2.45) is 10.9 Å². The number of rotatable bonds is 4. The van der Waals surface area contributed by atoms with Crippen LogP contribution in [0.2, 0.25) is 0 Å². The molecule has 0 radical (unpaired) electrons. The quantitative estimate of drug-likeness (QED) is 0.286. The average Bonchev–Trinajstić information content (AvgIpc) is 2.87. The number of nitrogens with two attached hydrogens (primary N) is 1. The number of nitrogens with zero attached hydrogens (tertiary/aromatic N) is 2. The topological polar surface area (TPSA) is 133 Å². The number of sulfonamides is 1. The fourth-order valence-corrected chi connectivity index (χ4v) is 2.85. The van der Waals surface area contributed by atoms with Gasteiger partial charge in [0.15, 0.2) is 5.84 Å². The highest BCUT2D eigenvalue weighted by atomic mass is 32.2. The number of nitrogens with one attached hydrogen (secondary N) is 2. The highest BCUT2D eigenvalue weighted by molar-refractivity contribution is 7.92. The molecule has 0 spiro atoms. The molecular formula is C11H12FN5O3S. The van der Waals surface area contributed by atoms with Crippen LogP contribution in [0.5, 0.6) is 0 Å². The van der Waals surface area contributed by atoms with E-state index in [1.165, 1.54) is 6.07 Å². The molecule has 0 unspecified atom stereocenters. The van der Waals surface area contributed by atoms with Crippen LogP contribution in [0.25, 0.3) is 0 Å². The molecule has 0 atom stereocenters. The van der Waals surface area contributed by atoms with Gasteiger partial charge in [0, 0.05) is 5.69 Å². The van der Waals surface area contributed by atoms with E-state index in [0.29, 0.717) is 5.69 Å². The largest absolute Gasteiger partial charge is 0.409 e. The minimum absolute atomic E-state index is 0.0304. The number of benzene rings is 1. The van der Waals surface area contributed by atoms with Crippen LogP contribution >= 0.6 is 0 Å². The van der Waals surface area contributed by atoms with Gasteiger partial charge in [0.1, 0.15) is 10.7 Å². The number of H-pyrrole nitrogens is 1. The molecule has 1 heterocycles. The van der Waals surface area contributed by atoms with Crippen molar-refractivity contribution < 1.29 is 18.0 Å². The minimum atomic E-state index is -3.87. The van der Waals surface area contributed by atoms with Gasteiger partial charge in [-0.2, -0.15) is 5.10 Å². The maximum absolute atomic E-state index is 13.5. The van der Waals surface area contributed by atoms with Crippen molar-refractivity contribution in [3.8, 4) is 0 Å². The lowest BCUT2D eigenvalue weighted by Crippen LogP contribution is -2.17. The third-order valence-electron chi connectivity index (χ3n) is 2.68. The highest BCUT2D eigenvalue weighted by Crippen LogP contribution is 2.20. The minimum Gasteiger partial charge on any atom is -0.409 e. The molecule has 10 heteroatoms. The summed E-state index contributed by atoms with van der Waals surface area (Å²) < 4.78 is 40.1. The Hall–Kier alpha value is -2.62. The van der Waals surface area contributed by atoms with Crippen LogP contribution < -0.4 is 10.5 Å². The van der Waals surface area contributed by atoms with E-state index in [1.54, 1.807) is 6.92 Å². The number of hydrogen-bond acceptors (Lipinski definition) is 5. The molecule has 0 aliphatic carbocycles. The average molecular weight is 313 g/mol. The van der Waals surface area contributed by atoms with Crippen LogP contribution in [-0.4, -0.2) is 29.7 Å². The Morgan fingerprint density at radius 1 is 1.52 bits per heavy atom. The summed E-state index contributed by atoms with van der Waals surface area (Å²) in [5.74, 6) is -1.21. The predicted octanol–water partition coefficient (Wildman–Crippen LogP) is 0.753. The van der Waals surface area contributed by atoms with Gasteiger partial charge < -0.3 is 10.9 Å². The van der Waals surface area contributed by atoms with E-state index >= 15 is 0 Å². The number of amidine groups is 1. The molecule has 0 aliphatic heterocycles. The molecule has 0 saturated carbocycles. The van der Waals surface area contributed by atoms with Crippen molar-refractivity contribution in [3.05, 3.63) is 41.5 Å². The van der Waals surface area contributed by atoms with Crippen molar-refractivity contribution in [1.29, 1.82) is 0 Å². The van der Waals surface area contributed by atoms with Gasteiger partial charge >= 0.3 is 0 Å². The molecule has 2 rings (SSSR count). The lowest BCUT2D eigenvalue weighted by Gasteiger charge is -2.09. The zero-order valence-corrected chi connectivity index (χ0v) is 11.6. The molecule has 0 fully saturated rings. The van der Waals surface area contributed by atoms with Gasteiger partial charge in [-0.25, -0.2) is 12.8 Å². The van der Waals surface area contributed by atoms with Crippen LogP contribution in [0.1, 0.15) is 11.3 Å². The first kappa shape index (κ1) is 14.8. The number of oxime groups is 1. The molecule has 112 valence electrons. The first-order chi connectivity index (χ1) is 9.85. The fourth-order valence-electron chi connectivity index (χ4n) is 1.66. The lowest BCUT2D eigenvalue weighted by molar-refractivity contribution is 0.318. The number of aryl methyl sites for hydroxylation is 1. The summed E-state index contributed by atoms with van der Waals surface area (Å²) in [4.78, 5) is -0.0304. The smallest absolute Gasteiger partial charge is 0.265 e. The van der Waals surface area contributed by atoms with E-state index in [4.69, 9.17) is 10.9 Å². The fraction of sp³-hybridized carbons (Fsp3) is 0.0909. The first-order valence-corrected chi connectivity index (χ1v) is 7.13. The van der Waals surface area contributed by atoms with Gasteiger partial charge in [0.25, 0.3) is 10.0 Å². The normalized spacial score (nSPS) is 12.4. The SMILES string of the molecule is Cc1[nH]ncc1S(=O)(=O)Nc1ccc(F)c(C(N)=NO)c1. The molecule has 5 N–H and O–H groups in total. The van der Waals surface area contributed by atoms with Crippen LogP contribution in [-0.2, 0) is 10.0 Å². The predicted molar refractivity (Wildman–Crippen MR) is 73.0 cm³/mol. The molecule has 8 nitrogen and oxygen atoms in total. The second-order valence-corrected chi connectivity index (χ2v) is 5.80. The third-order valence-corrected chi connectivity index (χ3v) is 4.17. The molecule has 0 saturated heterocycles. The summed E-state index contributed by atoms with van der Waals surface area (Å²) >= 11 is 0. The lowest BCUT2D eigenvalue weighted by atomic mass is 10.2. The van der Waals surface area contributed by atoms with Gasteiger partial charge in [0.05, 0.1) is 17.5 Å². The first-order valence-electron chi connectivity index (χ1n) is 5.65. The monoisotopic (exact) mass is 313 g/mol. The number of aromatic amines is 1. The molecule has 1 aromatic carbocycles. The zero-order chi connectivity index (χ0) is 15.6. The van der Waals surface area contributed by atoms with E-state index in [1.807, 2.05) is 0 Å². The van der Waals surface area contributed by atoms with Crippen molar-refractivity contribution >= 4 is 21.5 Å². The van der Waals surface area contributed by atoms with Crippen LogP contribution in [0.3, 0.4) is 0 Å². The van der Waals surface area contributed by atoms with Gasteiger partial charge in [0.2, 0.25) is 0 Å². The van der Waals surface area contributed by atoms with E-state index in [-0.39, 0.29) is 16.1 Å². The molecule has 0 amide bonds. The Balaban J connectivity index is 2.39. The Kier molecular flexibility index (Phi) is 3.80. The number of hydrogen-bond donors (Lipinski definition) is 4. The van der Waals surface area contributed by atoms with Gasteiger partial charge in [-0.15, -0.1) is 0 Å². The summed E-state index contributed by atoms with van der Waals surface area (Å²) in [6.07, 6.45) is 1.16. The van der Waals surface area contributed by atoms with Crippen molar-refractivity contribution in [1.82, 2.24) is 10.2 Å². The van der Waals surface area contributed by atoms with E-state index in [9.17, 15) is 12.8 Å². The highest BCUT2D eigenvalue weighted by Gasteiger charge is 2.19. The Labute approximate surface area is 119 Å². The Morgan fingerprint density at radius 3 is 2.81 bits per heavy atom. The second-order valence-electron chi connectivity index (χ2n) is 4.14. The van der Waals surface area contributed by atoms with Gasteiger partial charge in [-0.1, -0.05) is 5.16 Å². The molecule has 0 bridgehead atoms. The number of aromatic nitrogens is 2. The van der Waals surface area contributed by atoms with Crippen molar-refractivity contribution in [2.45, 2.75) is 11.8 Å². The summed E-state index contributed by atoms with van der Waals surface area (Å²) in [5.41, 5.74) is 5.52. The maximum atomic E-state index is 13.5. The molecular weight excluding hydrogens is 301 g/mol. The van der Waals surface area contributed by atoms with Crippen molar-refractivity contribution in [2.75, 3.05) is 4.72 Å². The molecule has 1 aromatic heterocycles. The van der Waals surface area contributed by atoms with Gasteiger partial charge in [-0.05, 0) is 25.1 Å². The summed E-state index contributed by atoms with van der Waals surface area (Å²) in [6.45, 7) is 1.55. The summed E-state index contributed by atoms with van der Waals surface area (Å²) in [5, 5.41) is 17.4. The van der Waals surface area contributed by atoms with Crippen LogP contribution in [0.4, 0.5) is 10.1 Å². The van der Waals surface area contributed by atoms with E-state index < -0.39 is 21.7 Å². The standard InChI is InChI=1S/C11H12FN5O3S/c1-6-10(5-14-15-6)21(19,20)17-7-2-3-9(12)8(4-7)11(13)16-18/h2-5,17-18H,1H3,(H2,13,16)(H,14,15). The molecule has 2 aromatic rings. The van der Waals surface area contributed by atoms with Crippen molar-refractivity contribution in [3.63, 3.8) is 0 Å². The summed E-state index contributed by atoms with van der Waals surface area (Å²) in [6, 6.07) is 3.35. The van der Waals surface area contributed by atoms with Crippen LogP contribution in [0, 0.1) is 12.7 Å². The maximum Gasteiger partial charge on any atom is 0.265 e. The zero-order valence-electron chi connectivity index (χ0n) is 10.8. The number of halogens is 1. The van der Waals surface area contributed by atoms with Crippen LogP contribution in [0.15, 0.2) is 34.4 Å². The Bertz CT molecular complexity index is 800. The third kappa shape index (κ3) is 2.94. The Morgan fingerprint density at radius 2 is 2.24 bits per heavy atom.